The highest BCUT2D eigenvalue weighted by atomic mass is 35.5. The molecular weight excluding hydrogens is 908 g/mol. The number of hydrogen-bond donors (Lipinski definition) is 4. The van der Waals surface area contributed by atoms with Crippen LogP contribution in [0.25, 0.3) is 66.1 Å². The number of hydrogen-bond acceptors (Lipinski definition) is 14. The second-order valence-electron chi connectivity index (χ2n) is 19.2. The Balaban J connectivity index is 0.000000174. The maximum atomic E-state index is 6.33. The number of methoxy groups -OCH3 is 2. The molecule has 0 bridgehead atoms. The lowest BCUT2D eigenvalue weighted by Crippen LogP contribution is -2.12. The Hall–Kier alpha value is -7.47. The molecule has 0 unspecified atom stereocenters. The SMILES string of the molecule is C.COc1cc2c(cc1-c1c(C)noc1C)[nH]c1nc(C)nc(Cl)c12.COc1cc2c(cc1-c1c(C)noc1C)[nH]c1nc(C)nc(Nc3cc(C(C)(C)C)nn3C)c12.Cn1nc(C(C)(C)C)cc1N. The fourth-order valence-electron chi connectivity index (χ4n) is 8.30. The summed E-state index contributed by atoms with van der Waals surface area (Å²) in [6.45, 7) is 24.1. The van der Waals surface area contributed by atoms with Crippen molar-refractivity contribution in [1.29, 1.82) is 0 Å². The van der Waals surface area contributed by atoms with Crippen LogP contribution in [0.1, 0.15) is 94.9 Å². The van der Waals surface area contributed by atoms with E-state index in [1.165, 1.54) is 0 Å². The molecule has 368 valence electrons. The molecular formula is C51H63ClN14O4. The molecule has 0 spiro atoms. The molecule has 0 aliphatic rings. The molecule has 10 aromatic rings. The number of ether oxygens (including phenoxy) is 2. The highest BCUT2D eigenvalue weighted by molar-refractivity contribution is 6.36. The van der Waals surface area contributed by atoms with Crippen LogP contribution in [0.15, 0.2) is 45.4 Å². The summed E-state index contributed by atoms with van der Waals surface area (Å²) in [5.74, 6) is 6.51. The van der Waals surface area contributed by atoms with Crippen molar-refractivity contribution in [2.75, 3.05) is 25.3 Å². The van der Waals surface area contributed by atoms with Crippen molar-refractivity contribution < 1.29 is 18.5 Å². The Morgan fingerprint density at radius 3 is 1.50 bits per heavy atom. The minimum atomic E-state index is -0.0582. The van der Waals surface area contributed by atoms with Gasteiger partial charge >= 0.3 is 0 Å². The first-order valence-electron chi connectivity index (χ1n) is 22.4. The Labute approximate surface area is 411 Å². The Morgan fingerprint density at radius 1 is 0.629 bits per heavy atom. The zero-order chi connectivity index (χ0) is 50.0. The third-order valence-electron chi connectivity index (χ3n) is 11.9. The number of nitrogens with two attached hydrogens (primary N) is 1. The standard InChI is InChI=1S/C25H29N7O2.C17H15ClN4O2.C8H15N3.CH4/c1-12-21(13(2)34-31-12)16-9-17-15(10-18(16)33-8)22-23(28-17)26-14(3)27-24(22)29-20-11-19(25(4,5)6)30-32(20)7;1-7-14(8(2)24-22-7)11-5-12-10(6-13(11)23-4)15-16(18)19-9(3)20-17(15)21-12;1-8(2,3)6-5-7(9)11(4)10-6;/h9-11H,1-8H3,(H2,26,27,28,29);5-6H,1-4H3,(H,19,20,21);5H,9H2,1-4H3;1H4. The molecule has 0 atom stereocenters. The summed E-state index contributed by atoms with van der Waals surface area (Å²) >= 11 is 6.33. The van der Waals surface area contributed by atoms with Gasteiger partial charge in [-0.05, 0) is 65.8 Å². The molecule has 18 nitrogen and oxygen atoms in total. The summed E-state index contributed by atoms with van der Waals surface area (Å²) in [5.41, 5.74) is 16.3. The number of aromatic amines is 2. The van der Waals surface area contributed by atoms with Crippen molar-refractivity contribution in [1.82, 2.24) is 59.8 Å². The van der Waals surface area contributed by atoms with Gasteiger partial charge in [0.2, 0.25) is 0 Å². The van der Waals surface area contributed by atoms with Gasteiger partial charge in [0.05, 0.1) is 58.9 Å². The molecule has 0 fully saturated rings. The van der Waals surface area contributed by atoms with Gasteiger partial charge in [-0.15, -0.1) is 0 Å². The average Bonchev–Trinajstić information content (AvgIpc) is 4.12. The molecule has 8 aromatic heterocycles. The van der Waals surface area contributed by atoms with Crippen LogP contribution in [0.4, 0.5) is 17.5 Å². The maximum Gasteiger partial charge on any atom is 0.145 e. The average molecular weight is 972 g/mol. The molecule has 19 heteroatoms. The van der Waals surface area contributed by atoms with Crippen LogP contribution in [0.5, 0.6) is 11.5 Å². The van der Waals surface area contributed by atoms with Crippen molar-refractivity contribution in [2.24, 2.45) is 14.1 Å². The van der Waals surface area contributed by atoms with Gasteiger partial charge in [-0.2, -0.15) is 10.2 Å². The smallest absolute Gasteiger partial charge is 0.145 e. The van der Waals surface area contributed by atoms with Crippen molar-refractivity contribution in [3.63, 3.8) is 0 Å². The molecule has 10 rings (SSSR count). The summed E-state index contributed by atoms with van der Waals surface area (Å²) in [4.78, 5) is 24.9. The molecule has 0 aliphatic carbocycles. The van der Waals surface area contributed by atoms with Crippen molar-refractivity contribution in [3.05, 3.63) is 87.5 Å². The molecule has 0 radical (unpaired) electrons. The first-order chi connectivity index (χ1) is 32.5. The summed E-state index contributed by atoms with van der Waals surface area (Å²) in [5, 5.41) is 24.6. The van der Waals surface area contributed by atoms with E-state index in [1.807, 2.05) is 84.6 Å². The van der Waals surface area contributed by atoms with E-state index in [0.717, 1.165) is 118 Å². The van der Waals surface area contributed by atoms with Gasteiger partial charge in [-0.1, -0.05) is 70.9 Å². The number of nitrogens with one attached hydrogen (secondary N) is 3. The fraction of sp³-hybridized carbons (Fsp3) is 0.373. The lowest BCUT2D eigenvalue weighted by molar-refractivity contribution is 0.393. The molecule has 70 heavy (non-hydrogen) atoms. The predicted octanol–water partition coefficient (Wildman–Crippen LogP) is 11.8. The topological polar surface area (TPSA) is 227 Å². The van der Waals surface area contributed by atoms with Gasteiger partial charge < -0.3 is 39.5 Å². The van der Waals surface area contributed by atoms with E-state index in [4.69, 9.17) is 40.8 Å². The predicted molar refractivity (Wildman–Crippen MR) is 279 cm³/mol. The number of aryl methyl sites for hydroxylation is 8. The van der Waals surface area contributed by atoms with Crippen LogP contribution in [0.3, 0.4) is 0 Å². The van der Waals surface area contributed by atoms with Gasteiger partial charge in [0.15, 0.2) is 0 Å². The molecule has 0 saturated carbocycles. The number of H-pyrrole nitrogens is 2. The van der Waals surface area contributed by atoms with Crippen LogP contribution >= 0.6 is 11.6 Å². The Morgan fingerprint density at radius 2 is 1.09 bits per heavy atom. The number of benzene rings is 2. The number of aromatic nitrogens is 12. The number of nitrogens with zero attached hydrogens (tertiary/aromatic N) is 10. The van der Waals surface area contributed by atoms with Gasteiger partial charge in [-0.3, -0.25) is 9.36 Å². The molecule has 2 aromatic carbocycles. The maximum absolute atomic E-state index is 6.33. The summed E-state index contributed by atoms with van der Waals surface area (Å²) in [6, 6.07) is 12.0. The minimum Gasteiger partial charge on any atom is -0.496 e. The van der Waals surface area contributed by atoms with Gasteiger partial charge in [0, 0.05) is 70.0 Å². The largest absolute Gasteiger partial charge is 0.496 e. The number of halogens is 1. The van der Waals surface area contributed by atoms with Crippen LogP contribution in [0, 0.1) is 41.5 Å². The Kier molecular flexibility index (Phi) is 13.5. The van der Waals surface area contributed by atoms with Crippen LogP contribution < -0.4 is 20.5 Å². The summed E-state index contributed by atoms with van der Waals surface area (Å²) < 4.78 is 25.6. The third kappa shape index (κ3) is 9.47. The highest BCUT2D eigenvalue weighted by Crippen LogP contribution is 2.43. The molecule has 8 heterocycles. The van der Waals surface area contributed by atoms with Crippen LogP contribution in [-0.4, -0.2) is 74.0 Å². The number of anilines is 3. The Bertz CT molecular complexity index is 3500. The van der Waals surface area contributed by atoms with Crippen molar-refractivity contribution in [2.45, 2.75) is 101 Å². The third-order valence-corrected chi connectivity index (χ3v) is 12.2. The normalized spacial score (nSPS) is 11.7. The molecule has 0 amide bonds. The zero-order valence-corrected chi connectivity index (χ0v) is 42.8. The van der Waals surface area contributed by atoms with E-state index >= 15 is 0 Å². The second-order valence-corrected chi connectivity index (χ2v) is 19.6. The zero-order valence-electron chi connectivity index (χ0n) is 42.0. The van der Waals surface area contributed by atoms with E-state index < -0.39 is 0 Å². The van der Waals surface area contributed by atoms with Crippen molar-refractivity contribution in [3.8, 4) is 33.8 Å². The number of fused-ring (bicyclic) bond motifs is 6. The van der Waals surface area contributed by atoms with E-state index in [2.05, 4.69) is 104 Å². The molecule has 0 saturated heterocycles. The fourth-order valence-corrected chi connectivity index (χ4v) is 8.61. The van der Waals surface area contributed by atoms with Crippen LogP contribution in [-0.2, 0) is 24.9 Å². The number of rotatable bonds is 6. The molecule has 0 aliphatic heterocycles. The van der Waals surface area contributed by atoms with E-state index in [-0.39, 0.29) is 18.3 Å². The summed E-state index contributed by atoms with van der Waals surface area (Å²) in [6.07, 6.45) is 0. The van der Waals surface area contributed by atoms with Gasteiger partial charge in [0.25, 0.3) is 0 Å². The lowest BCUT2D eigenvalue weighted by Gasteiger charge is -2.13. The number of nitrogen functional groups attached to an aromatic ring is 1. The lowest BCUT2D eigenvalue weighted by atomic mass is 9.92. The van der Waals surface area contributed by atoms with Crippen LogP contribution in [0.2, 0.25) is 5.15 Å². The highest BCUT2D eigenvalue weighted by Gasteiger charge is 2.24. The van der Waals surface area contributed by atoms with Gasteiger partial charge in [-0.25, -0.2) is 19.9 Å². The monoisotopic (exact) mass is 970 g/mol. The van der Waals surface area contributed by atoms with E-state index in [1.54, 1.807) is 18.9 Å². The minimum absolute atomic E-state index is 0. The first-order valence-corrected chi connectivity index (χ1v) is 22.7. The molecule has 5 N–H and O–H groups in total. The summed E-state index contributed by atoms with van der Waals surface area (Å²) in [7, 11) is 7.09. The second kappa shape index (κ2) is 18.8. The van der Waals surface area contributed by atoms with E-state index in [0.29, 0.717) is 28.3 Å². The quantitative estimate of drug-likeness (QED) is 0.114. The van der Waals surface area contributed by atoms with E-state index in [9.17, 15) is 0 Å². The first kappa shape index (κ1) is 50.4. The van der Waals surface area contributed by atoms with Crippen molar-refractivity contribution >= 4 is 72.9 Å². The van der Waals surface area contributed by atoms with Gasteiger partial charge in [0.1, 0.15) is 68.6 Å².